The molecule has 1 aliphatic heterocycles. The van der Waals surface area contributed by atoms with Crippen molar-refractivity contribution in [1.29, 1.82) is 0 Å². The second-order valence-electron chi connectivity index (χ2n) is 6.85. The Morgan fingerprint density at radius 2 is 2.07 bits per heavy atom. The van der Waals surface area contributed by atoms with E-state index in [2.05, 4.69) is 34.4 Å². The molecule has 0 spiro atoms. The zero-order valence-electron chi connectivity index (χ0n) is 16.6. The number of benzene rings is 1. The van der Waals surface area contributed by atoms with Crippen LogP contribution in [0.3, 0.4) is 0 Å². The summed E-state index contributed by atoms with van der Waals surface area (Å²) in [6, 6.07) is 11.6. The fourth-order valence-electron chi connectivity index (χ4n) is 3.53. The Hall–Kier alpha value is -3.37. The number of pyridine rings is 1. The summed E-state index contributed by atoms with van der Waals surface area (Å²) in [7, 11) is 0. The Bertz CT molecular complexity index is 946. The van der Waals surface area contributed by atoms with Gasteiger partial charge < -0.3 is 21.3 Å². The molecule has 7 nitrogen and oxygen atoms in total. The Balaban J connectivity index is 1.76. The predicted molar refractivity (Wildman–Crippen MR) is 114 cm³/mol. The summed E-state index contributed by atoms with van der Waals surface area (Å²) < 4.78 is 0. The molecule has 2 heterocycles. The van der Waals surface area contributed by atoms with Gasteiger partial charge in [0.15, 0.2) is 0 Å². The van der Waals surface area contributed by atoms with Crippen LogP contribution < -0.4 is 21.3 Å². The Morgan fingerprint density at radius 1 is 1.28 bits per heavy atom. The van der Waals surface area contributed by atoms with Gasteiger partial charge in [-0.2, -0.15) is 0 Å². The SMILES string of the molecule is CCC(=O)N1c2ccccc2[C@H](Nc2ccc(NC(=O)C#CCN)cn2)C[C@@H]1C. The van der Waals surface area contributed by atoms with Crippen LogP contribution in [0.5, 0.6) is 0 Å². The van der Waals surface area contributed by atoms with E-state index >= 15 is 0 Å². The molecule has 1 aliphatic rings. The molecule has 0 saturated heterocycles. The minimum absolute atomic E-state index is 0.0328. The summed E-state index contributed by atoms with van der Waals surface area (Å²) in [6.07, 6.45) is 2.83. The van der Waals surface area contributed by atoms with Crippen molar-refractivity contribution in [3.05, 3.63) is 48.2 Å². The van der Waals surface area contributed by atoms with Crippen molar-refractivity contribution in [3.63, 3.8) is 0 Å². The molecule has 2 amide bonds. The van der Waals surface area contributed by atoms with Gasteiger partial charge in [0, 0.05) is 18.2 Å². The van der Waals surface area contributed by atoms with Gasteiger partial charge in [-0.1, -0.05) is 31.0 Å². The first kappa shape index (κ1) is 20.4. The quantitative estimate of drug-likeness (QED) is 0.696. The van der Waals surface area contributed by atoms with E-state index in [4.69, 9.17) is 5.73 Å². The Kier molecular flexibility index (Phi) is 6.47. The maximum absolute atomic E-state index is 12.4. The summed E-state index contributed by atoms with van der Waals surface area (Å²) in [5.74, 6) is 5.31. The highest BCUT2D eigenvalue weighted by molar-refractivity contribution is 6.03. The number of carbonyl (C=O) groups excluding carboxylic acids is 2. The van der Waals surface area contributed by atoms with Crippen LogP contribution in [0.4, 0.5) is 17.2 Å². The highest BCUT2D eigenvalue weighted by Gasteiger charge is 2.32. The van der Waals surface area contributed by atoms with E-state index in [0.29, 0.717) is 17.9 Å². The minimum atomic E-state index is -0.423. The minimum Gasteiger partial charge on any atom is -0.363 e. The van der Waals surface area contributed by atoms with Crippen molar-refractivity contribution in [2.45, 2.75) is 38.8 Å². The van der Waals surface area contributed by atoms with Gasteiger partial charge in [-0.25, -0.2) is 4.98 Å². The lowest BCUT2D eigenvalue weighted by molar-refractivity contribution is -0.118. The lowest BCUT2D eigenvalue weighted by atomic mass is 9.91. The second kappa shape index (κ2) is 9.22. The number of hydrogen-bond acceptors (Lipinski definition) is 5. The molecule has 7 heteroatoms. The molecule has 1 aromatic heterocycles. The first-order chi connectivity index (χ1) is 14.0. The Labute approximate surface area is 170 Å². The van der Waals surface area contributed by atoms with E-state index in [1.54, 1.807) is 12.3 Å². The molecule has 2 aromatic rings. The van der Waals surface area contributed by atoms with E-state index < -0.39 is 5.91 Å². The third-order valence-corrected chi connectivity index (χ3v) is 4.81. The van der Waals surface area contributed by atoms with Crippen LogP contribution in [0, 0.1) is 11.8 Å². The van der Waals surface area contributed by atoms with Crippen LogP contribution in [0.1, 0.15) is 38.3 Å². The van der Waals surface area contributed by atoms with E-state index in [9.17, 15) is 9.59 Å². The number of carbonyl (C=O) groups is 2. The number of hydrogen-bond donors (Lipinski definition) is 3. The number of anilines is 3. The van der Waals surface area contributed by atoms with Crippen LogP contribution in [0.2, 0.25) is 0 Å². The average Bonchev–Trinajstić information content (AvgIpc) is 2.73. The highest BCUT2D eigenvalue weighted by atomic mass is 16.2. The van der Waals surface area contributed by atoms with Gasteiger partial charge in [0.2, 0.25) is 5.91 Å². The summed E-state index contributed by atoms with van der Waals surface area (Å²) >= 11 is 0. The number of amides is 2. The third kappa shape index (κ3) is 4.73. The van der Waals surface area contributed by atoms with Gasteiger partial charge in [-0.3, -0.25) is 9.59 Å². The van der Waals surface area contributed by atoms with Gasteiger partial charge in [-0.05, 0) is 43.0 Å². The molecule has 0 unspecified atom stereocenters. The number of aromatic nitrogens is 1. The molecule has 1 aromatic carbocycles. The van der Waals surface area contributed by atoms with Crippen molar-refractivity contribution in [2.75, 3.05) is 22.1 Å². The van der Waals surface area contributed by atoms with E-state index in [0.717, 1.165) is 17.7 Å². The molecule has 0 bridgehead atoms. The van der Waals surface area contributed by atoms with E-state index in [1.165, 1.54) is 0 Å². The maximum atomic E-state index is 12.4. The van der Waals surface area contributed by atoms with Crippen LogP contribution in [-0.4, -0.2) is 29.4 Å². The van der Waals surface area contributed by atoms with Gasteiger partial charge in [0.1, 0.15) is 5.82 Å². The summed E-state index contributed by atoms with van der Waals surface area (Å²) in [6.45, 7) is 4.08. The van der Waals surface area contributed by atoms with Crippen molar-refractivity contribution in [1.82, 2.24) is 4.98 Å². The monoisotopic (exact) mass is 391 g/mol. The lowest BCUT2D eigenvalue weighted by Crippen LogP contribution is -2.44. The first-order valence-corrected chi connectivity index (χ1v) is 9.67. The summed E-state index contributed by atoms with van der Waals surface area (Å²) in [5.41, 5.74) is 7.83. The predicted octanol–water partition coefficient (Wildman–Crippen LogP) is 2.67. The zero-order chi connectivity index (χ0) is 20.8. The van der Waals surface area contributed by atoms with E-state index in [-0.39, 0.29) is 24.5 Å². The van der Waals surface area contributed by atoms with Crippen LogP contribution in [0.15, 0.2) is 42.6 Å². The second-order valence-corrected chi connectivity index (χ2v) is 6.85. The molecule has 4 N–H and O–H groups in total. The van der Waals surface area contributed by atoms with Crippen molar-refractivity contribution >= 4 is 29.0 Å². The first-order valence-electron chi connectivity index (χ1n) is 9.67. The molecule has 29 heavy (non-hydrogen) atoms. The number of rotatable bonds is 4. The summed E-state index contributed by atoms with van der Waals surface area (Å²) in [4.78, 5) is 30.4. The fraction of sp³-hybridized carbons (Fsp3) is 0.318. The summed E-state index contributed by atoms with van der Waals surface area (Å²) in [5, 5.41) is 6.11. The molecule has 0 saturated carbocycles. The molecule has 3 rings (SSSR count). The number of nitrogens with zero attached hydrogens (tertiary/aromatic N) is 2. The number of nitrogens with one attached hydrogen (secondary N) is 2. The molecule has 150 valence electrons. The maximum Gasteiger partial charge on any atom is 0.300 e. The van der Waals surface area contributed by atoms with Crippen LogP contribution >= 0.6 is 0 Å². The molecular formula is C22H25N5O2. The average molecular weight is 391 g/mol. The number of fused-ring (bicyclic) bond motifs is 1. The van der Waals surface area contributed by atoms with Crippen molar-refractivity contribution < 1.29 is 9.59 Å². The fourth-order valence-corrected chi connectivity index (χ4v) is 3.53. The van der Waals surface area contributed by atoms with Crippen LogP contribution in [0.25, 0.3) is 0 Å². The zero-order valence-corrected chi connectivity index (χ0v) is 16.6. The topological polar surface area (TPSA) is 100 Å². The number of para-hydroxylation sites is 1. The molecule has 2 atom stereocenters. The van der Waals surface area contributed by atoms with Gasteiger partial charge >= 0.3 is 0 Å². The van der Waals surface area contributed by atoms with Crippen molar-refractivity contribution in [2.24, 2.45) is 5.73 Å². The Morgan fingerprint density at radius 3 is 2.76 bits per heavy atom. The van der Waals surface area contributed by atoms with Gasteiger partial charge in [-0.15, -0.1) is 0 Å². The van der Waals surface area contributed by atoms with Gasteiger partial charge in [0.05, 0.1) is 24.5 Å². The highest BCUT2D eigenvalue weighted by Crippen LogP contribution is 2.38. The van der Waals surface area contributed by atoms with Crippen LogP contribution in [-0.2, 0) is 9.59 Å². The lowest BCUT2D eigenvalue weighted by Gasteiger charge is -2.39. The normalized spacial score (nSPS) is 17.6. The van der Waals surface area contributed by atoms with E-state index in [1.807, 2.05) is 42.2 Å². The molecule has 0 fully saturated rings. The largest absolute Gasteiger partial charge is 0.363 e. The standard InChI is InChI=1S/C22H25N5O2/c1-3-22(29)27-15(2)13-18(17-7-4-5-8-19(17)27)26-20-11-10-16(14-24-20)25-21(28)9-6-12-23/h4-5,7-8,10-11,14-15,18H,3,12-13,23H2,1-2H3,(H,24,26)(H,25,28)/t15-,18+/m0/s1. The van der Waals surface area contributed by atoms with Gasteiger partial charge in [0.25, 0.3) is 5.91 Å². The van der Waals surface area contributed by atoms with Crippen molar-refractivity contribution in [3.8, 4) is 11.8 Å². The molecule has 0 radical (unpaired) electrons. The number of nitrogens with two attached hydrogens (primary N) is 1. The smallest absolute Gasteiger partial charge is 0.300 e. The molecular weight excluding hydrogens is 366 g/mol. The molecule has 0 aliphatic carbocycles. The third-order valence-electron chi connectivity index (χ3n) is 4.81.